The Hall–Kier alpha value is -2.25. The van der Waals surface area contributed by atoms with Crippen LogP contribution in [0.15, 0.2) is 30.4 Å². The number of para-hydroxylation sites is 1. The van der Waals surface area contributed by atoms with Crippen molar-refractivity contribution in [3.8, 4) is 17.6 Å². The van der Waals surface area contributed by atoms with Crippen molar-refractivity contribution in [3.05, 3.63) is 41.5 Å². The van der Waals surface area contributed by atoms with Gasteiger partial charge in [0.25, 0.3) is 0 Å². The summed E-state index contributed by atoms with van der Waals surface area (Å²) in [6, 6.07) is 6.27. The molecule has 1 heterocycles. The van der Waals surface area contributed by atoms with E-state index >= 15 is 0 Å². The summed E-state index contributed by atoms with van der Waals surface area (Å²) in [5.41, 5.74) is 2.34. The van der Waals surface area contributed by atoms with Crippen molar-refractivity contribution in [1.29, 1.82) is 0 Å². The first-order valence-electron chi connectivity index (χ1n) is 10.6. The number of carbonyl (C=O) groups is 1. The summed E-state index contributed by atoms with van der Waals surface area (Å²) in [5.74, 6) is 7.66. The Kier molecular flexibility index (Phi) is 7.39. The minimum atomic E-state index is -0.372. The molecule has 1 N–H and O–H groups in total. The lowest BCUT2D eigenvalue weighted by Crippen LogP contribution is -2.16. The van der Waals surface area contributed by atoms with Crippen LogP contribution in [0.3, 0.4) is 0 Å². The Morgan fingerprint density at radius 2 is 2.28 bits per heavy atom. The van der Waals surface area contributed by atoms with Gasteiger partial charge in [-0.3, -0.25) is 4.79 Å². The molecule has 4 heteroatoms. The fourth-order valence-electron chi connectivity index (χ4n) is 4.52. The zero-order valence-corrected chi connectivity index (χ0v) is 17.7. The van der Waals surface area contributed by atoms with Crippen molar-refractivity contribution in [2.24, 2.45) is 11.8 Å². The van der Waals surface area contributed by atoms with Crippen LogP contribution in [0.5, 0.6) is 5.75 Å². The summed E-state index contributed by atoms with van der Waals surface area (Å²) >= 11 is 0. The second-order valence-electron chi connectivity index (χ2n) is 8.23. The summed E-state index contributed by atoms with van der Waals surface area (Å²) in [4.78, 5) is 11.4. The van der Waals surface area contributed by atoms with Crippen molar-refractivity contribution < 1.29 is 19.4 Å². The van der Waals surface area contributed by atoms with E-state index in [4.69, 9.17) is 9.47 Å². The number of aliphatic hydroxyl groups is 1. The molecule has 1 fully saturated rings. The molecule has 29 heavy (non-hydrogen) atoms. The van der Waals surface area contributed by atoms with Gasteiger partial charge < -0.3 is 14.6 Å². The molecular formula is C25H32O4. The zero-order chi connectivity index (χ0) is 20.8. The lowest BCUT2D eigenvalue weighted by atomic mass is 9.86. The number of esters is 1. The third-order valence-electron chi connectivity index (χ3n) is 6.07. The maximum Gasteiger partial charge on any atom is 0.305 e. The average Bonchev–Trinajstić information content (AvgIpc) is 3.22. The second-order valence-corrected chi connectivity index (χ2v) is 8.23. The second kappa shape index (κ2) is 9.98. The minimum absolute atomic E-state index is 0.0276. The molecule has 1 saturated carbocycles. The monoisotopic (exact) mass is 396 g/mol. The first-order chi connectivity index (χ1) is 14.0. The van der Waals surface area contributed by atoms with Gasteiger partial charge >= 0.3 is 5.97 Å². The molecular weight excluding hydrogens is 364 g/mol. The van der Waals surface area contributed by atoms with Gasteiger partial charge in [-0.15, -0.1) is 11.8 Å². The number of aryl methyl sites for hydroxylation is 1. The van der Waals surface area contributed by atoms with Gasteiger partial charge in [0.05, 0.1) is 13.2 Å². The van der Waals surface area contributed by atoms with Crippen LogP contribution in [0.1, 0.15) is 63.0 Å². The van der Waals surface area contributed by atoms with Crippen LogP contribution in [-0.4, -0.2) is 30.4 Å². The summed E-state index contributed by atoms with van der Waals surface area (Å²) < 4.78 is 11.0. The fourth-order valence-corrected chi connectivity index (χ4v) is 4.52. The highest BCUT2D eigenvalue weighted by Gasteiger charge is 2.48. The van der Waals surface area contributed by atoms with Gasteiger partial charge in [-0.1, -0.05) is 37.3 Å². The average molecular weight is 397 g/mol. The van der Waals surface area contributed by atoms with E-state index in [1.807, 2.05) is 6.92 Å². The zero-order valence-electron chi connectivity index (χ0n) is 17.7. The number of hydrogen-bond acceptors (Lipinski definition) is 4. The van der Waals surface area contributed by atoms with Crippen molar-refractivity contribution in [2.75, 3.05) is 7.11 Å². The quantitative estimate of drug-likeness (QED) is 0.402. The SMILES string of the molecule is CC#CC[C@H](C)C/C=C/[C@@H]1[C@H]2c3cccc(CCCC(=O)OC)c3O[C@H]2C[C@H]1O. The molecule has 0 unspecified atom stereocenters. The summed E-state index contributed by atoms with van der Waals surface area (Å²) in [7, 11) is 1.42. The standard InChI is InChI=1S/C25H32O4/c1-4-5-9-17(2)10-6-13-19-21(26)16-22-24(19)20-14-7-11-18(25(20)29-22)12-8-15-23(27)28-3/h6-7,11,13-14,17,19,21-22,24,26H,8-10,12,15-16H2,1-3H3/b13-6+/t17-,19-,21+,22-,24-/m0/s1. The van der Waals surface area contributed by atoms with Crippen LogP contribution in [0.2, 0.25) is 0 Å². The lowest BCUT2D eigenvalue weighted by Gasteiger charge is -2.17. The number of fused-ring (bicyclic) bond motifs is 3. The van der Waals surface area contributed by atoms with Crippen LogP contribution in [0.25, 0.3) is 0 Å². The Morgan fingerprint density at radius 3 is 3.03 bits per heavy atom. The summed E-state index contributed by atoms with van der Waals surface area (Å²) in [5, 5.41) is 10.6. The molecule has 1 aliphatic carbocycles. The highest BCUT2D eigenvalue weighted by molar-refractivity contribution is 5.69. The molecule has 0 amide bonds. The van der Waals surface area contributed by atoms with E-state index in [2.05, 4.69) is 49.1 Å². The van der Waals surface area contributed by atoms with Crippen LogP contribution >= 0.6 is 0 Å². The van der Waals surface area contributed by atoms with Gasteiger partial charge in [0.15, 0.2) is 0 Å². The number of carbonyl (C=O) groups excluding carboxylic acids is 1. The third-order valence-corrected chi connectivity index (χ3v) is 6.07. The van der Waals surface area contributed by atoms with E-state index in [9.17, 15) is 9.90 Å². The summed E-state index contributed by atoms with van der Waals surface area (Å²) in [6.07, 6.45) is 8.53. The summed E-state index contributed by atoms with van der Waals surface area (Å²) in [6.45, 7) is 4.08. The molecule has 1 aromatic rings. The molecule has 0 radical (unpaired) electrons. The van der Waals surface area contributed by atoms with Gasteiger partial charge in [0.1, 0.15) is 11.9 Å². The van der Waals surface area contributed by atoms with Crippen molar-refractivity contribution in [3.63, 3.8) is 0 Å². The Labute approximate surface area is 174 Å². The number of methoxy groups -OCH3 is 1. The lowest BCUT2D eigenvalue weighted by molar-refractivity contribution is -0.140. The number of hydrogen-bond donors (Lipinski definition) is 1. The predicted octanol–water partition coefficient (Wildman–Crippen LogP) is 4.40. The normalized spacial score (nSPS) is 25.7. The number of benzene rings is 1. The van der Waals surface area contributed by atoms with Gasteiger partial charge in [0, 0.05) is 36.7 Å². The molecule has 1 aliphatic heterocycles. The van der Waals surface area contributed by atoms with E-state index < -0.39 is 0 Å². The van der Waals surface area contributed by atoms with Crippen LogP contribution in [-0.2, 0) is 16.0 Å². The highest BCUT2D eigenvalue weighted by Crippen LogP contribution is 2.52. The fraction of sp³-hybridized carbons (Fsp3) is 0.560. The molecule has 0 bridgehead atoms. The number of allylic oxidation sites excluding steroid dienone is 1. The number of aliphatic hydroxyl groups excluding tert-OH is 1. The Morgan fingerprint density at radius 1 is 1.45 bits per heavy atom. The smallest absolute Gasteiger partial charge is 0.305 e. The van der Waals surface area contributed by atoms with E-state index in [0.29, 0.717) is 18.8 Å². The highest BCUT2D eigenvalue weighted by atomic mass is 16.5. The van der Waals surface area contributed by atoms with E-state index in [1.54, 1.807) is 0 Å². The van der Waals surface area contributed by atoms with Crippen LogP contribution < -0.4 is 4.74 Å². The topological polar surface area (TPSA) is 55.8 Å². The van der Waals surface area contributed by atoms with Crippen molar-refractivity contribution in [2.45, 2.75) is 70.5 Å². The third kappa shape index (κ3) is 5.03. The van der Waals surface area contributed by atoms with E-state index in [1.165, 1.54) is 12.7 Å². The Bertz CT molecular complexity index is 801. The minimum Gasteiger partial charge on any atom is -0.489 e. The van der Waals surface area contributed by atoms with Gasteiger partial charge in [-0.2, -0.15) is 0 Å². The number of rotatable bonds is 8. The largest absolute Gasteiger partial charge is 0.489 e. The molecule has 5 atom stereocenters. The maximum absolute atomic E-state index is 11.4. The van der Waals surface area contributed by atoms with Crippen molar-refractivity contribution >= 4 is 5.97 Å². The molecule has 3 rings (SSSR count). The van der Waals surface area contributed by atoms with Crippen molar-refractivity contribution in [1.82, 2.24) is 0 Å². The van der Waals surface area contributed by atoms with Crippen LogP contribution in [0.4, 0.5) is 0 Å². The molecule has 0 aromatic heterocycles. The molecule has 0 spiro atoms. The van der Waals surface area contributed by atoms with Gasteiger partial charge in [0.2, 0.25) is 0 Å². The van der Waals surface area contributed by atoms with Gasteiger partial charge in [-0.05, 0) is 37.7 Å². The first-order valence-corrected chi connectivity index (χ1v) is 10.6. The van der Waals surface area contributed by atoms with Gasteiger partial charge in [-0.25, -0.2) is 0 Å². The molecule has 156 valence electrons. The van der Waals surface area contributed by atoms with E-state index in [-0.39, 0.29) is 30.0 Å². The predicted molar refractivity (Wildman–Crippen MR) is 114 cm³/mol. The first kappa shape index (κ1) is 21.5. The Balaban J connectivity index is 1.69. The molecule has 0 saturated heterocycles. The molecule has 2 aliphatic rings. The van der Waals surface area contributed by atoms with Crippen LogP contribution in [0, 0.1) is 23.7 Å². The van der Waals surface area contributed by atoms with E-state index in [0.717, 1.165) is 37.0 Å². The number of ether oxygens (including phenoxy) is 2. The maximum atomic E-state index is 11.4. The molecule has 4 nitrogen and oxygen atoms in total. The molecule has 1 aromatic carbocycles.